The van der Waals surface area contributed by atoms with E-state index in [1.54, 1.807) is 0 Å². The van der Waals surface area contributed by atoms with Crippen LogP contribution in [0.2, 0.25) is 0 Å². The second kappa shape index (κ2) is 10.9. The number of rotatable bonds is 7. The summed E-state index contributed by atoms with van der Waals surface area (Å²) in [5, 5.41) is 22.8. The third-order valence-corrected chi connectivity index (χ3v) is 7.08. The van der Waals surface area contributed by atoms with Crippen LogP contribution in [0, 0.1) is 17.8 Å². The van der Waals surface area contributed by atoms with Crippen molar-refractivity contribution >= 4 is 5.91 Å². The third-order valence-electron chi connectivity index (χ3n) is 7.08. The summed E-state index contributed by atoms with van der Waals surface area (Å²) in [5.41, 5.74) is 0. The predicted octanol–water partition coefficient (Wildman–Crippen LogP) is 2.75. The first-order chi connectivity index (χ1) is 13.6. The molecular weight excluding hydrogens is 358 g/mol. The molecular formula is C22H39NO5. The molecule has 1 aliphatic heterocycles. The molecule has 2 saturated carbocycles. The number of aliphatic hydroxyl groups excluding tert-OH is 2. The molecule has 1 saturated heterocycles. The molecule has 3 aliphatic rings. The Labute approximate surface area is 169 Å². The van der Waals surface area contributed by atoms with Gasteiger partial charge in [0.15, 0.2) is 6.29 Å². The van der Waals surface area contributed by atoms with Crippen molar-refractivity contribution < 1.29 is 24.5 Å². The van der Waals surface area contributed by atoms with Crippen molar-refractivity contribution in [3.8, 4) is 0 Å². The van der Waals surface area contributed by atoms with Gasteiger partial charge in [0.05, 0.1) is 25.4 Å². The SMILES string of the molecule is CC(=O)N[C@H]1[C@H](OCC(C2CCCCC2)C2CCCCC2)O[C@H](CO)C[C@@H]1O. The first-order valence-electron chi connectivity index (χ1n) is 11.4. The molecule has 4 atom stereocenters. The first-order valence-corrected chi connectivity index (χ1v) is 11.4. The average molecular weight is 398 g/mol. The Morgan fingerprint density at radius 3 is 2.14 bits per heavy atom. The summed E-state index contributed by atoms with van der Waals surface area (Å²) in [7, 11) is 0. The smallest absolute Gasteiger partial charge is 0.217 e. The number of carbonyl (C=O) groups excluding carboxylic acids is 1. The predicted molar refractivity (Wildman–Crippen MR) is 107 cm³/mol. The highest BCUT2D eigenvalue weighted by Gasteiger charge is 2.40. The zero-order valence-electron chi connectivity index (χ0n) is 17.4. The van der Waals surface area contributed by atoms with Crippen LogP contribution in [0.25, 0.3) is 0 Å². The van der Waals surface area contributed by atoms with E-state index in [4.69, 9.17) is 9.47 Å². The molecule has 0 radical (unpaired) electrons. The molecule has 3 N–H and O–H groups in total. The summed E-state index contributed by atoms with van der Waals surface area (Å²) < 4.78 is 12.2. The van der Waals surface area contributed by atoms with E-state index in [1.165, 1.54) is 71.1 Å². The fourth-order valence-electron chi connectivity index (χ4n) is 5.57. The third kappa shape index (κ3) is 5.91. The molecule has 1 amide bonds. The highest BCUT2D eigenvalue weighted by Crippen LogP contribution is 2.40. The van der Waals surface area contributed by atoms with Crippen molar-refractivity contribution in [2.75, 3.05) is 13.2 Å². The number of aliphatic hydroxyl groups is 2. The molecule has 28 heavy (non-hydrogen) atoms. The Morgan fingerprint density at radius 2 is 1.64 bits per heavy atom. The summed E-state index contributed by atoms with van der Waals surface area (Å²) in [6.45, 7) is 1.90. The van der Waals surface area contributed by atoms with Gasteiger partial charge in [-0.1, -0.05) is 64.2 Å². The maximum absolute atomic E-state index is 11.6. The lowest BCUT2D eigenvalue weighted by atomic mass is 9.70. The average Bonchev–Trinajstić information content (AvgIpc) is 2.71. The lowest BCUT2D eigenvalue weighted by Crippen LogP contribution is -2.58. The second-order valence-electron chi connectivity index (χ2n) is 9.13. The lowest BCUT2D eigenvalue weighted by Gasteiger charge is -2.42. The van der Waals surface area contributed by atoms with Crippen LogP contribution in [0.5, 0.6) is 0 Å². The van der Waals surface area contributed by atoms with E-state index < -0.39 is 24.5 Å². The minimum Gasteiger partial charge on any atom is -0.394 e. The second-order valence-corrected chi connectivity index (χ2v) is 9.13. The van der Waals surface area contributed by atoms with Gasteiger partial charge in [0, 0.05) is 13.3 Å². The van der Waals surface area contributed by atoms with E-state index in [1.807, 2.05) is 0 Å². The van der Waals surface area contributed by atoms with Crippen LogP contribution < -0.4 is 5.32 Å². The van der Waals surface area contributed by atoms with Gasteiger partial charge < -0.3 is 25.0 Å². The zero-order chi connectivity index (χ0) is 19.9. The van der Waals surface area contributed by atoms with E-state index in [2.05, 4.69) is 5.32 Å². The van der Waals surface area contributed by atoms with E-state index in [9.17, 15) is 15.0 Å². The van der Waals surface area contributed by atoms with Gasteiger partial charge in [0.1, 0.15) is 6.04 Å². The van der Waals surface area contributed by atoms with Crippen molar-refractivity contribution in [3.05, 3.63) is 0 Å². The van der Waals surface area contributed by atoms with Crippen LogP contribution in [0.4, 0.5) is 0 Å². The summed E-state index contributed by atoms with van der Waals surface area (Å²) >= 11 is 0. The number of hydrogen-bond donors (Lipinski definition) is 3. The van der Waals surface area contributed by atoms with Crippen LogP contribution in [0.3, 0.4) is 0 Å². The van der Waals surface area contributed by atoms with E-state index in [-0.39, 0.29) is 12.5 Å². The monoisotopic (exact) mass is 397 g/mol. The summed E-state index contributed by atoms with van der Waals surface area (Å²) in [6, 6.07) is -0.585. The van der Waals surface area contributed by atoms with Crippen molar-refractivity contribution in [1.29, 1.82) is 0 Å². The molecule has 6 heteroatoms. The molecule has 1 heterocycles. The van der Waals surface area contributed by atoms with Crippen LogP contribution >= 0.6 is 0 Å². The Hall–Kier alpha value is -0.690. The molecule has 0 aromatic heterocycles. The minimum absolute atomic E-state index is 0.154. The molecule has 2 aliphatic carbocycles. The Bertz CT molecular complexity index is 458. The van der Waals surface area contributed by atoms with Gasteiger partial charge in [-0.15, -0.1) is 0 Å². The maximum Gasteiger partial charge on any atom is 0.217 e. The van der Waals surface area contributed by atoms with Crippen LogP contribution in [-0.2, 0) is 14.3 Å². The zero-order valence-corrected chi connectivity index (χ0v) is 17.4. The molecule has 0 spiro atoms. The number of ether oxygens (including phenoxy) is 2. The van der Waals surface area contributed by atoms with Gasteiger partial charge in [-0.2, -0.15) is 0 Å². The molecule has 0 aromatic rings. The lowest BCUT2D eigenvalue weighted by molar-refractivity contribution is -0.243. The van der Waals surface area contributed by atoms with E-state index in [0.29, 0.717) is 30.8 Å². The van der Waals surface area contributed by atoms with Gasteiger partial charge in [-0.3, -0.25) is 4.79 Å². The fourth-order valence-corrected chi connectivity index (χ4v) is 5.57. The van der Waals surface area contributed by atoms with Crippen molar-refractivity contribution in [3.63, 3.8) is 0 Å². The molecule has 3 rings (SSSR count). The number of nitrogens with one attached hydrogen (secondary N) is 1. The number of carbonyl (C=O) groups is 1. The van der Waals surface area contributed by atoms with Crippen LogP contribution in [0.1, 0.15) is 77.6 Å². The topological polar surface area (TPSA) is 88.0 Å². The summed E-state index contributed by atoms with van der Waals surface area (Å²) in [6.07, 6.45) is 11.4. The van der Waals surface area contributed by atoms with Gasteiger partial charge in [-0.25, -0.2) is 0 Å². The van der Waals surface area contributed by atoms with Crippen molar-refractivity contribution in [2.24, 2.45) is 17.8 Å². The highest BCUT2D eigenvalue weighted by atomic mass is 16.7. The Kier molecular flexibility index (Phi) is 8.57. The molecule has 162 valence electrons. The summed E-state index contributed by atoms with van der Waals surface area (Å²) in [4.78, 5) is 11.6. The normalized spacial score (nSPS) is 33.1. The molecule has 6 nitrogen and oxygen atoms in total. The molecule has 0 aromatic carbocycles. The minimum atomic E-state index is -0.775. The quantitative estimate of drug-likeness (QED) is 0.615. The van der Waals surface area contributed by atoms with Crippen LogP contribution in [-0.4, -0.2) is 53.9 Å². The Balaban J connectivity index is 1.66. The van der Waals surface area contributed by atoms with E-state index >= 15 is 0 Å². The molecule has 0 unspecified atom stereocenters. The van der Waals surface area contributed by atoms with Gasteiger partial charge in [0.2, 0.25) is 5.91 Å². The molecule has 3 fully saturated rings. The van der Waals surface area contributed by atoms with Gasteiger partial charge in [-0.05, 0) is 17.8 Å². The standard InChI is InChI=1S/C22H39NO5/c1-15(25)23-21-20(26)12-18(13-24)28-22(21)27-14-19(16-8-4-2-5-9-16)17-10-6-3-7-11-17/h16-22,24,26H,2-14H2,1H3,(H,23,25)/t18-,20-,21+,22+/m0/s1. The maximum atomic E-state index is 11.6. The van der Waals surface area contributed by atoms with E-state index in [0.717, 1.165) is 0 Å². The number of amides is 1. The largest absolute Gasteiger partial charge is 0.394 e. The summed E-state index contributed by atoms with van der Waals surface area (Å²) in [5.74, 6) is 1.73. The molecule has 0 bridgehead atoms. The van der Waals surface area contributed by atoms with Gasteiger partial charge >= 0.3 is 0 Å². The van der Waals surface area contributed by atoms with Crippen molar-refractivity contribution in [2.45, 2.75) is 102 Å². The first kappa shape index (κ1) is 22.0. The van der Waals surface area contributed by atoms with Gasteiger partial charge in [0.25, 0.3) is 0 Å². The Morgan fingerprint density at radius 1 is 1.07 bits per heavy atom. The fraction of sp³-hybridized carbons (Fsp3) is 0.955. The van der Waals surface area contributed by atoms with Crippen molar-refractivity contribution in [1.82, 2.24) is 5.32 Å². The number of hydrogen-bond acceptors (Lipinski definition) is 5. The van der Waals surface area contributed by atoms with Crippen LogP contribution in [0.15, 0.2) is 0 Å². The highest BCUT2D eigenvalue weighted by molar-refractivity contribution is 5.73.